The average Bonchev–Trinajstić information content (AvgIpc) is 3.05. The van der Waals surface area contributed by atoms with E-state index in [0.717, 1.165) is 16.0 Å². The molecule has 1 aromatic carbocycles. The largest absolute Gasteiger partial charge is 0.355 e. The number of nitrogens with zero attached hydrogens (tertiary/aromatic N) is 1. The van der Waals surface area contributed by atoms with Gasteiger partial charge in [-0.15, -0.1) is 23.1 Å². The number of aromatic nitrogens is 2. The summed E-state index contributed by atoms with van der Waals surface area (Å²) in [4.78, 5) is 32.5. The fourth-order valence-electron chi connectivity index (χ4n) is 2.49. The van der Waals surface area contributed by atoms with E-state index in [0.29, 0.717) is 23.5 Å². The van der Waals surface area contributed by atoms with Crippen LogP contribution in [0.5, 0.6) is 0 Å². The van der Waals surface area contributed by atoms with Crippen molar-refractivity contribution in [3.05, 3.63) is 51.9 Å². The van der Waals surface area contributed by atoms with Gasteiger partial charge in [0.15, 0.2) is 0 Å². The zero-order valence-corrected chi connectivity index (χ0v) is 15.7. The molecule has 0 aliphatic heterocycles. The fraction of sp³-hybridized carbons (Fsp3) is 0.278. The Hall–Kier alpha value is -2.12. The topological polar surface area (TPSA) is 74.8 Å². The number of aromatic amines is 1. The molecule has 3 aromatic rings. The second-order valence-corrected chi connectivity index (χ2v) is 7.74. The molecule has 0 fully saturated rings. The molecular formula is C18H19N3O2S2. The van der Waals surface area contributed by atoms with Gasteiger partial charge >= 0.3 is 0 Å². The lowest BCUT2D eigenvalue weighted by Gasteiger charge is -2.10. The number of hydrogen-bond donors (Lipinski definition) is 2. The lowest BCUT2D eigenvalue weighted by molar-refractivity contribution is -0.120. The average molecular weight is 374 g/mol. The van der Waals surface area contributed by atoms with Crippen molar-refractivity contribution in [2.75, 3.05) is 6.54 Å². The number of amides is 1. The highest BCUT2D eigenvalue weighted by Crippen LogP contribution is 2.30. The molecule has 0 saturated heterocycles. The molecule has 0 spiro atoms. The van der Waals surface area contributed by atoms with E-state index in [9.17, 15) is 9.59 Å². The van der Waals surface area contributed by atoms with Crippen LogP contribution in [-0.4, -0.2) is 27.7 Å². The summed E-state index contributed by atoms with van der Waals surface area (Å²) >= 11 is 2.92. The van der Waals surface area contributed by atoms with Gasteiger partial charge in [0, 0.05) is 17.5 Å². The van der Waals surface area contributed by atoms with Crippen molar-refractivity contribution < 1.29 is 4.79 Å². The molecule has 130 valence electrons. The maximum Gasteiger partial charge on any atom is 0.260 e. The van der Waals surface area contributed by atoms with Crippen LogP contribution in [0.4, 0.5) is 0 Å². The van der Waals surface area contributed by atoms with Crippen molar-refractivity contribution in [1.82, 2.24) is 15.3 Å². The Bertz CT molecular complexity index is 934. The van der Waals surface area contributed by atoms with Crippen LogP contribution in [0, 0.1) is 0 Å². The van der Waals surface area contributed by atoms with Crippen molar-refractivity contribution in [1.29, 1.82) is 0 Å². The van der Waals surface area contributed by atoms with Crippen LogP contribution in [0.25, 0.3) is 21.3 Å². The van der Waals surface area contributed by atoms with Gasteiger partial charge in [-0.05, 0) is 19.4 Å². The number of fused-ring (bicyclic) bond motifs is 1. The van der Waals surface area contributed by atoms with Crippen molar-refractivity contribution in [2.45, 2.75) is 24.9 Å². The number of nitrogens with one attached hydrogen (secondary N) is 2. The van der Waals surface area contributed by atoms with Crippen LogP contribution in [0.15, 0.2) is 40.5 Å². The summed E-state index contributed by atoms with van der Waals surface area (Å²) in [7, 11) is 0. The first-order chi connectivity index (χ1) is 12.1. The molecule has 5 nitrogen and oxygen atoms in total. The number of H-pyrrole nitrogens is 1. The standard InChI is InChI=1S/C18H19N3O2S2/c1-3-19-16(22)11(2)24-10-14-20-17(23)15-13(9-25-18(15)21-14)12-7-5-4-6-8-12/h4-9,11H,3,10H2,1-2H3,(H,19,22)(H,20,21,23)/t11-/m1/s1. The Morgan fingerprint density at radius 1 is 1.36 bits per heavy atom. The molecule has 7 heteroatoms. The van der Waals surface area contributed by atoms with Gasteiger partial charge in [0.1, 0.15) is 10.7 Å². The molecule has 0 radical (unpaired) electrons. The molecule has 2 N–H and O–H groups in total. The number of thioether (sulfide) groups is 1. The Morgan fingerprint density at radius 2 is 2.12 bits per heavy atom. The van der Waals surface area contributed by atoms with Gasteiger partial charge in [-0.3, -0.25) is 9.59 Å². The second kappa shape index (κ2) is 7.84. The van der Waals surface area contributed by atoms with Gasteiger partial charge in [-0.25, -0.2) is 4.98 Å². The fourth-order valence-corrected chi connectivity index (χ4v) is 4.24. The van der Waals surface area contributed by atoms with E-state index in [2.05, 4.69) is 15.3 Å². The van der Waals surface area contributed by atoms with Gasteiger partial charge in [-0.1, -0.05) is 30.3 Å². The number of carbonyl (C=O) groups is 1. The summed E-state index contributed by atoms with van der Waals surface area (Å²) in [5, 5.41) is 5.20. The molecule has 0 aliphatic carbocycles. The molecule has 2 aromatic heterocycles. The minimum atomic E-state index is -0.191. The van der Waals surface area contributed by atoms with Crippen molar-refractivity contribution >= 4 is 39.2 Å². The van der Waals surface area contributed by atoms with E-state index in [1.165, 1.54) is 23.1 Å². The summed E-state index contributed by atoms with van der Waals surface area (Å²) in [5.41, 5.74) is 1.78. The summed E-state index contributed by atoms with van der Waals surface area (Å²) < 4.78 is 0. The Morgan fingerprint density at radius 3 is 2.84 bits per heavy atom. The van der Waals surface area contributed by atoms with Gasteiger partial charge in [0.05, 0.1) is 16.4 Å². The van der Waals surface area contributed by atoms with Crippen LogP contribution >= 0.6 is 23.1 Å². The quantitative estimate of drug-likeness (QED) is 0.694. The minimum absolute atomic E-state index is 0.00147. The van der Waals surface area contributed by atoms with Crippen molar-refractivity contribution in [2.24, 2.45) is 0 Å². The van der Waals surface area contributed by atoms with E-state index < -0.39 is 0 Å². The third-order valence-corrected chi connectivity index (χ3v) is 5.79. The van der Waals surface area contributed by atoms with Gasteiger partial charge < -0.3 is 10.3 Å². The molecule has 0 unspecified atom stereocenters. The molecule has 25 heavy (non-hydrogen) atoms. The Kier molecular flexibility index (Phi) is 5.55. The maximum absolute atomic E-state index is 12.6. The third-order valence-electron chi connectivity index (χ3n) is 3.77. The van der Waals surface area contributed by atoms with E-state index in [-0.39, 0.29) is 16.7 Å². The zero-order valence-electron chi connectivity index (χ0n) is 14.0. The minimum Gasteiger partial charge on any atom is -0.355 e. The Balaban J connectivity index is 1.84. The molecule has 0 bridgehead atoms. The molecular weight excluding hydrogens is 354 g/mol. The first-order valence-electron chi connectivity index (χ1n) is 8.05. The van der Waals surface area contributed by atoms with E-state index in [1.807, 2.05) is 49.6 Å². The first-order valence-corrected chi connectivity index (χ1v) is 9.98. The van der Waals surface area contributed by atoms with Crippen molar-refractivity contribution in [3.8, 4) is 11.1 Å². The van der Waals surface area contributed by atoms with Crippen molar-refractivity contribution in [3.63, 3.8) is 0 Å². The van der Waals surface area contributed by atoms with Crippen LogP contribution in [-0.2, 0) is 10.5 Å². The maximum atomic E-state index is 12.6. The molecule has 1 atom stereocenters. The zero-order chi connectivity index (χ0) is 17.8. The lowest BCUT2D eigenvalue weighted by atomic mass is 10.1. The summed E-state index contributed by atoms with van der Waals surface area (Å²) in [6.07, 6.45) is 0. The van der Waals surface area contributed by atoms with E-state index >= 15 is 0 Å². The molecule has 1 amide bonds. The van der Waals surface area contributed by atoms with E-state index in [4.69, 9.17) is 0 Å². The predicted octanol–water partition coefficient (Wildman–Crippen LogP) is 3.41. The number of hydrogen-bond acceptors (Lipinski definition) is 5. The van der Waals surface area contributed by atoms with Crippen LogP contribution in [0.3, 0.4) is 0 Å². The monoisotopic (exact) mass is 373 g/mol. The molecule has 3 rings (SSSR count). The van der Waals surface area contributed by atoms with Gasteiger partial charge in [0.2, 0.25) is 5.91 Å². The second-order valence-electron chi connectivity index (χ2n) is 5.56. The van der Waals surface area contributed by atoms with Crippen LogP contribution in [0.1, 0.15) is 19.7 Å². The SMILES string of the molecule is CCNC(=O)[C@@H](C)SCc1nc2scc(-c3ccccc3)c2c(=O)[nH]1. The summed E-state index contributed by atoms with van der Waals surface area (Å²) in [5.74, 6) is 1.08. The highest BCUT2D eigenvalue weighted by molar-refractivity contribution is 7.99. The number of rotatable bonds is 6. The number of benzene rings is 1. The van der Waals surface area contributed by atoms with Crippen LogP contribution < -0.4 is 10.9 Å². The smallest absolute Gasteiger partial charge is 0.260 e. The van der Waals surface area contributed by atoms with Gasteiger partial charge in [0.25, 0.3) is 5.56 Å². The number of thiophene rings is 1. The summed E-state index contributed by atoms with van der Waals surface area (Å²) in [6.45, 7) is 4.36. The first kappa shape index (κ1) is 17.7. The Labute approximate surface area is 153 Å². The molecule has 2 heterocycles. The lowest BCUT2D eigenvalue weighted by Crippen LogP contribution is -2.30. The highest BCUT2D eigenvalue weighted by atomic mass is 32.2. The number of carbonyl (C=O) groups excluding carboxylic acids is 1. The normalized spacial score (nSPS) is 12.2. The third kappa shape index (κ3) is 3.93. The summed E-state index contributed by atoms with van der Waals surface area (Å²) in [6, 6.07) is 9.82. The molecule has 0 saturated carbocycles. The van der Waals surface area contributed by atoms with Crippen LogP contribution in [0.2, 0.25) is 0 Å². The molecule has 0 aliphatic rings. The predicted molar refractivity (Wildman–Crippen MR) is 105 cm³/mol. The van der Waals surface area contributed by atoms with E-state index in [1.54, 1.807) is 0 Å². The highest BCUT2D eigenvalue weighted by Gasteiger charge is 2.15. The van der Waals surface area contributed by atoms with Gasteiger partial charge in [-0.2, -0.15) is 0 Å².